The lowest BCUT2D eigenvalue weighted by Gasteiger charge is -2.42. The summed E-state index contributed by atoms with van der Waals surface area (Å²) < 4.78 is 27.7. The number of carboxylic acid groups (broad SMARTS) is 1. The maximum atomic E-state index is 13.2. The molecule has 35 heavy (non-hydrogen) atoms. The van der Waals surface area contributed by atoms with E-state index in [-0.39, 0.29) is 4.90 Å². The second kappa shape index (κ2) is 9.34. The van der Waals surface area contributed by atoms with Crippen molar-refractivity contribution < 1.29 is 18.3 Å². The molecular formula is C24H29N5O4S2. The van der Waals surface area contributed by atoms with Crippen LogP contribution in [0.2, 0.25) is 0 Å². The van der Waals surface area contributed by atoms with Gasteiger partial charge in [0, 0.05) is 37.6 Å². The lowest BCUT2D eigenvalue weighted by Crippen LogP contribution is -2.44. The van der Waals surface area contributed by atoms with Crippen molar-refractivity contribution in [3.05, 3.63) is 48.4 Å². The van der Waals surface area contributed by atoms with E-state index in [9.17, 15) is 13.2 Å². The first-order valence-corrected chi connectivity index (χ1v) is 14.2. The van der Waals surface area contributed by atoms with E-state index < -0.39 is 16.1 Å². The molecule has 3 aromatic rings. The van der Waals surface area contributed by atoms with Gasteiger partial charge in [-0.05, 0) is 56.1 Å². The first-order valence-electron chi connectivity index (χ1n) is 11.7. The molecule has 1 atom stereocenters. The Morgan fingerprint density at radius 1 is 1.20 bits per heavy atom. The summed E-state index contributed by atoms with van der Waals surface area (Å²) in [5.41, 5.74) is 1.37. The van der Waals surface area contributed by atoms with Gasteiger partial charge in [-0.2, -0.15) is 11.8 Å². The van der Waals surface area contributed by atoms with Crippen molar-refractivity contribution in [2.24, 2.45) is 5.92 Å². The van der Waals surface area contributed by atoms with E-state index in [2.05, 4.69) is 14.9 Å². The Bertz CT molecular complexity index is 1340. The van der Waals surface area contributed by atoms with Crippen molar-refractivity contribution in [1.29, 1.82) is 0 Å². The van der Waals surface area contributed by atoms with Gasteiger partial charge in [0.05, 0.1) is 10.3 Å². The summed E-state index contributed by atoms with van der Waals surface area (Å²) in [6.45, 7) is 3.17. The Hall–Kier alpha value is -2.79. The molecule has 1 aliphatic carbocycles. The standard InChI is InChI=1S/C24H29N5O4S2/c1-16-3-5-20(6-4-16)35(32,33)29-10-8-21-22(25-15-26-23(21)29)27(2)18-11-17(12-18)14-34-19-7-9-28(13-19)24(30)31/h3-6,8,10,15,17-19H,7,9,11-14H2,1-2H3,(H,30,31). The average molecular weight is 516 g/mol. The number of hydrogen-bond donors (Lipinski definition) is 1. The van der Waals surface area contributed by atoms with Crippen molar-refractivity contribution in [3.8, 4) is 0 Å². The van der Waals surface area contributed by atoms with Crippen LogP contribution in [0.5, 0.6) is 0 Å². The highest BCUT2D eigenvalue weighted by molar-refractivity contribution is 7.99. The van der Waals surface area contributed by atoms with E-state index in [0.717, 1.165) is 36.4 Å². The summed E-state index contributed by atoms with van der Waals surface area (Å²) in [5, 5.41) is 10.2. The summed E-state index contributed by atoms with van der Waals surface area (Å²) in [6.07, 6.45) is 5.15. The molecule has 186 valence electrons. The lowest BCUT2D eigenvalue weighted by atomic mass is 9.81. The van der Waals surface area contributed by atoms with E-state index in [4.69, 9.17) is 5.11 Å². The number of nitrogens with zero attached hydrogens (tertiary/aromatic N) is 5. The summed E-state index contributed by atoms with van der Waals surface area (Å²) >= 11 is 1.89. The fourth-order valence-corrected chi connectivity index (χ4v) is 7.52. The summed E-state index contributed by atoms with van der Waals surface area (Å²) in [6, 6.07) is 8.90. The first kappa shape index (κ1) is 23.9. The minimum atomic E-state index is -3.76. The van der Waals surface area contributed by atoms with Gasteiger partial charge in [0.1, 0.15) is 12.1 Å². The molecule has 1 aliphatic heterocycles. The monoisotopic (exact) mass is 515 g/mol. The number of likely N-dealkylation sites (tertiary alicyclic amines) is 1. The normalized spacial score (nSPS) is 22.3. The van der Waals surface area contributed by atoms with Crippen molar-refractivity contribution in [2.75, 3.05) is 30.8 Å². The quantitative estimate of drug-likeness (QED) is 0.508. The summed E-state index contributed by atoms with van der Waals surface area (Å²) in [7, 11) is -1.76. The molecule has 2 fully saturated rings. The van der Waals surface area contributed by atoms with E-state index in [1.165, 1.54) is 15.2 Å². The maximum absolute atomic E-state index is 13.2. The van der Waals surface area contributed by atoms with Crippen molar-refractivity contribution in [2.45, 2.75) is 42.4 Å². The molecule has 0 radical (unpaired) electrons. The molecule has 1 unspecified atom stereocenters. The third-order valence-corrected chi connectivity index (χ3v) is 10.3. The van der Waals surface area contributed by atoms with Gasteiger partial charge in [-0.3, -0.25) is 0 Å². The zero-order chi connectivity index (χ0) is 24.7. The van der Waals surface area contributed by atoms with Gasteiger partial charge >= 0.3 is 6.09 Å². The molecule has 5 rings (SSSR count). The van der Waals surface area contributed by atoms with Gasteiger partial charge in [-0.15, -0.1) is 0 Å². The number of aromatic nitrogens is 3. The summed E-state index contributed by atoms with van der Waals surface area (Å²) in [5.74, 6) is 2.36. The highest BCUT2D eigenvalue weighted by Crippen LogP contribution is 2.38. The topological polar surface area (TPSA) is 109 Å². The maximum Gasteiger partial charge on any atom is 0.407 e. The molecule has 0 bridgehead atoms. The Balaban J connectivity index is 1.25. The van der Waals surface area contributed by atoms with Gasteiger partial charge in [0.15, 0.2) is 5.65 Å². The molecule has 2 aliphatic rings. The molecule has 1 saturated carbocycles. The molecule has 1 aromatic carbocycles. The number of hydrogen-bond acceptors (Lipinski definition) is 7. The lowest BCUT2D eigenvalue weighted by molar-refractivity contribution is 0.156. The molecule has 1 N–H and O–H groups in total. The van der Waals surface area contributed by atoms with Gasteiger partial charge in [0.2, 0.25) is 0 Å². The SMILES string of the molecule is Cc1ccc(S(=O)(=O)n2ccc3c(N(C)C4CC(CSC5CCN(C(=O)O)C5)C4)ncnc32)cc1. The molecule has 0 spiro atoms. The van der Waals surface area contributed by atoms with Crippen LogP contribution in [0.15, 0.2) is 47.8 Å². The number of carbonyl (C=O) groups is 1. The zero-order valence-corrected chi connectivity index (χ0v) is 21.4. The van der Waals surface area contributed by atoms with Crippen LogP contribution in [-0.2, 0) is 10.0 Å². The predicted molar refractivity (Wildman–Crippen MR) is 137 cm³/mol. The fraction of sp³-hybridized carbons (Fsp3) is 0.458. The van der Waals surface area contributed by atoms with Crippen LogP contribution in [0, 0.1) is 12.8 Å². The van der Waals surface area contributed by atoms with Crippen molar-refractivity contribution >= 4 is 44.7 Å². The van der Waals surface area contributed by atoms with Gasteiger partial charge in [0.25, 0.3) is 10.0 Å². The van der Waals surface area contributed by atoms with Gasteiger partial charge in [-0.25, -0.2) is 27.2 Å². The number of fused-ring (bicyclic) bond motifs is 1. The Morgan fingerprint density at radius 2 is 1.94 bits per heavy atom. The Kier molecular flexibility index (Phi) is 6.39. The molecular weight excluding hydrogens is 486 g/mol. The number of aryl methyl sites for hydroxylation is 1. The number of anilines is 1. The van der Waals surface area contributed by atoms with E-state index >= 15 is 0 Å². The second-order valence-corrected chi connectivity index (χ2v) is 12.6. The molecule has 1 amide bonds. The third-order valence-electron chi connectivity index (χ3n) is 7.08. The number of thioether (sulfide) groups is 1. The number of benzene rings is 1. The largest absolute Gasteiger partial charge is 0.465 e. The van der Waals surface area contributed by atoms with Crippen molar-refractivity contribution in [3.63, 3.8) is 0 Å². The average Bonchev–Trinajstić information content (AvgIpc) is 3.46. The van der Waals surface area contributed by atoms with Crippen LogP contribution >= 0.6 is 11.8 Å². The van der Waals surface area contributed by atoms with Gasteiger partial charge < -0.3 is 14.9 Å². The highest BCUT2D eigenvalue weighted by atomic mass is 32.2. The zero-order valence-electron chi connectivity index (χ0n) is 19.7. The smallest absolute Gasteiger partial charge is 0.407 e. The van der Waals surface area contributed by atoms with Crippen LogP contribution in [-0.4, -0.2) is 75.6 Å². The third kappa shape index (κ3) is 4.58. The van der Waals surface area contributed by atoms with E-state index in [1.807, 2.05) is 25.7 Å². The molecule has 3 heterocycles. The Morgan fingerprint density at radius 3 is 2.63 bits per heavy atom. The second-order valence-electron chi connectivity index (χ2n) is 9.44. The van der Waals surface area contributed by atoms with Crippen LogP contribution in [0.4, 0.5) is 10.6 Å². The van der Waals surface area contributed by atoms with Crippen LogP contribution in [0.25, 0.3) is 11.0 Å². The van der Waals surface area contributed by atoms with Crippen LogP contribution in [0.1, 0.15) is 24.8 Å². The van der Waals surface area contributed by atoms with Crippen LogP contribution < -0.4 is 4.90 Å². The minimum Gasteiger partial charge on any atom is -0.465 e. The fourth-order valence-electron chi connectivity index (χ4n) is 4.85. The van der Waals surface area contributed by atoms with E-state index in [0.29, 0.717) is 41.3 Å². The van der Waals surface area contributed by atoms with Crippen LogP contribution in [0.3, 0.4) is 0 Å². The number of rotatable bonds is 7. The first-order chi connectivity index (χ1) is 16.7. The molecule has 2 aromatic heterocycles. The molecule has 1 saturated heterocycles. The highest BCUT2D eigenvalue weighted by Gasteiger charge is 2.35. The number of amides is 1. The van der Waals surface area contributed by atoms with Gasteiger partial charge in [-0.1, -0.05) is 17.7 Å². The molecule has 11 heteroatoms. The molecule has 9 nitrogen and oxygen atoms in total. The Labute approximate surface area is 209 Å². The van der Waals surface area contributed by atoms with Crippen molar-refractivity contribution in [1.82, 2.24) is 18.8 Å². The van der Waals surface area contributed by atoms with E-state index in [1.54, 1.807) is 36.5 Å². The predicted octanol–water partition coefficient (Wildman–Crippen LogP) is 3.68. The summed E-state index contributed by atoms with van der Waals surface area (Å²) in [4.78, 5) is 23.8. The minimum absolute atomic E-state index is 0.224.